The van der Waals surface area contributed by atoms with E-state index in [1.807, 2.05) is 0 Å². The third-order valence-corrected chi connectivity index (χ3v) is 2.27. The lowest BCUT2D eigenvalue weighted by Crippen LogP contribution is -2.20. The second-order valence-corrected chi connectivity index (χ2v) is 3.63. The van der Waals surface area contributed by atoms with Crippen molar-refractivity contribution in [1.29, 1.82) is 0 Å². The number of halogens is 1. The maximum Gasteiger partial charge on any atom is 0.272 e. The summed E-state index contributed by atoms with van der Waals surface area (Å²) in [5.41, 5.74) is 5.43. The van der Waals surface area contributed by atoms with Crippen molar-refractivity contribution in [3.05, 3.63) is 35.6 Å². The van der Waals surface area contributed by atoms with Crippen LogP contribution in [-0.2, 0) is 0 Å². The number of carbonyl (C=O) groups excluding carboxylic acids is 1. The fraction of sp³-hybridized carbons (Fsp3) is 0.100. The minimum Gasteiger partial charge on any atom is -0.484 e. The van der Waals surface area contributed by atoms with Crippen molar-refractivity contribution in [3.63, 3.8) is 0 Å². The first kappa shape index (κ1) is 11.4. The molecule has 0 spiro atoms. The zero-order valence-electron chi connectivity index (χ0n) is 8.71. The van der Waals surface area contributed by atoms with Gasteiger partial charge in [-0.05, 0) is 24.3 Å². The van der Waals surface area contributed by atoms with E-state index in [0.717, 1.165) is 4.57 Å². The molecule has 1 heterocycles. The van der Waals surface area contributed by atoms with Crippen LogP contribution in [0.3, 0.4) is 0 Å². The van der Waals surface area contributed by atoms with Crippen molar-refractivity contribution >= 4 is 23.5 Å². The zero-order valence-corrected chi connectivity index (χ0v) is 9.46. The molecule has 6 nitrogen and oxygen atoms in total. The van der Waals surface area contributed by atoms with Gasteiger partial charge in [-0.15, -0.1) is 10.2 Å². The van der Waals surface area contributed by atoms with E-state index < -0.39 is 0 Å². The number of hydrogen-bond donors (Lipinski definition) is 1. The Morgan fingerprint density at radius 3 is 2.71 bits per heavy atom. The third-order valence-electron chi connectivity index (χ3n) is 2.02. The fourth-order valence-corrected chi connectivity index (χ4v) is 1.31. The smallest absolute Gasteiger partial charge is 0.272 e. The van der Waals surface area contributed by atoms with E-state index in [4.69, 9.17) is 22.1 Å². The van der Waals surface area contributed by atoms with Crippen LogP contribution in [0.4, 0.5) is 5.95 Å². The van der Waals surface area contributed by atoms with Gasteiger partial charge in [0.2, 0.25) is 5.95 Å². The topological polar surface area (TPSA) is 83.0 Å². The van der Waals surface area contributed by atoms with Gasteiger partial charge in [0.1, 0.15) is 12.1 Å². The predicted octanol–water partition coefficient (Wildman–Crippen LogP) is 1.23. The molecule has 0 aliphatic rings. The van der Waals surface area contributed by atoms with E-state index in [-0.39, 0.29) is 18.5 Å². The van der Waals surface area contributed by atoms with Gasteiger partial charge in [-0.2, -0.15) is 0 Å². The van der Waals surface area contributed by atoms with Gasteiger partial charge in [0, 0.05) is 5.02 Å². The number of aromatic nitrogens is 3. The summed E-state index contributed by atoms with van der Waals surface area (Å²) in [6, 6.07) is 6.69. The molecule has 0 aliphatic carbocycles. The third kappa shape index (κ3) is 2.73. The number of ether oxygens (including phenoxy) is 1. The largest absolute Gasteiger partial charge is 0.484 e. The Kier molecular flexibility index (Phi) is 3.24. The number of rotatable bonds is 3. The molecule has 0 atom stereocenters. The van der Waals surface area contributed by atoms with E-state index in [0.29, 0.717) is 10.8 Å². The van der Waals surface area contributed by atoms with Gasteiger partial charge in [-0.1, -0.05) is 11.6 Å². The quantitative estimate of drug-likeness (QED) is 0.888. The van der Waals surface area contributed by atoms with E-state index in [9.17, 15) is 4.79 Å². The Morgan fingerprint density at radius 2 is 2.12 bits per heavy atom. The maximum absolute atomic E-state index is 11.6. The molecule has 0 fully saturated rings. The van der Waals surface area contributed by atoms with E-state index in [1.54, 1.807) is 24.3 Å². The number of anilines is 1. The highest BCUT2D eigenvalue weighted by atomic mass is 35.5. The summed E-state index contributed by atoms with van der Waals surface area (Å²) in [6.07, 6.45) is 1.24. The molecule has 0 amide bonds. The molecule has 1 aromatic heterocycles. The second-order valence-electron chi connectivity index (χ2n) is 3.20. The van der Waals surface area contributed by atoms with Crippen molar-refractivity contribution in [1.82, 2.24) is 14.8 Å². The van der Waals surface area contributed by atoms with Crippen LogP contribution in [0.15, 0.2) is 30.6 Å². The lowest BCUT2D eigenvalue weighted by molar-refractivity contribution is 0.0840. The van der Waals surface area contributed by atoms with Gasteiger partial charge >= 0.3 is 0 Å². The number of benzene rings is 1. The standard InChI is InChI=1S/C10H9ClN4O2/c11-7-1-3-8(4-2-7)17-5-9(16)15-6-13-14-10(15)12/h1-4,6H,5H2,(H2,12,14). The number of nitrogen functional groups attached to an aromatic ring is 1. The SMILES string of the molecule is Nc1nncn1C(=O)COc1ccc(Cl)cc1. The molecule has 7 heteroatoms. The van der Waals surface area contributed by atoms with Gasteiger partial charge in [0.25, 0.3) is 5.91 Å². The van der Waals surface area contributed by atoms with E-state index in [1.165, 1.54) is 6.33 Å². The van der Waals surface area contributed by atoms with Crippen LogP contribution >= 0.6 is 11.6 Å². The molecule has 88 valence electrons. The Morgan fingerprint density at radius 1 is 1.41 bits per heavy atom. The Hall–Kier alpha value is -2.08. The second kappa shape index (κ2) is 4.84. The average molecular weight is 253 g/mol. The van der Waals surface area contributed by atoms with Crippen LogP contribution in [0.5, 0.6) is 5.75 Å². The summed E-state index contributed by atoms with van der Waals surface area (Å²) >= 11 is 5.72. The lowest BCUT2D eigenvalue weighted by Gasteiger charge is -2.05. The first-order valence-corrected chi connectivity index (χ1v) is 5.11. The first-order chi connectivity index (χ1) is 8.16. The van der Waals surface area contributed by atoms with Gasteiger partial charge in [0.15, 0.2) is 6.61 Å². The summed E-state index contributed by atoms with van der Waals surface area (Å²) in [5, 5.41) is 7.61. The van der Waals surface area contributed by atoms with E-state index in [2.05, 4.69) is 10.2 Å². The highest BCUT2D eigenvalue weighted by molar-refractivity contribution is 6.30. The van der Waals surface area contributed by atoms with Crippen LogP contribution in [0.25, 0.3) is 0 Å². The highest BCUT2D eigenvalue weighted by Crippen LogP contribution is 2.15. The van der Waals surface area contributed by atoms with Crippen LogP contribution in [0.1, 0.15) is 4.79 Å². The molecule has 0 bridgehead atoms. The average Bonchev–Trinajstić information content (AvgIpc) is 2.74. The van der Waals surface area contributed by atoms with Crippen molar-refractivity contribution in [3.8, 4) is 5.75 Å². The summed E-state index contributed by atoms with van der Waals surface area (Å²) in [4.78, 5) is 11.6. The molecule has 0 radical (unpaired) electrons. The molecule has 0 saturated carbocycles. The summed E-state index contributed by atoms with van der Waals surface area (Å²) in [5.74, 6) is 0.242. The monoisotopic (exact) mass is 252 g/mol. The highest BCUT2D eigenvalue weighted by Gasteiger charge is 2.09. The summed E-state index contributed by atoms with van der Waals surface area (Å²) in [7, 11) is 0. The number of nitrogens with two attached hydrogens (primary N) is 1. The molecule has 17 heavy (non-hydrogen) atoms. The van der Waals surface area contributed by atoms with Crippen LogP contribution in [0, 0.1) is 0 Å². The van der Waals surface area contributed by atoms with Crippen molar-refractivity contribution < 1.29 is 9.53 Å². The van der Waals surface area contributed by atoms with Crippen molar-refractivity contribution in [2.45, 2.75) is 0 Å². The zero-order chi connectivity index (χ0) is 12.3. The number of carbonyl (C=O) groups is 1. The van der Waals surface area contributed by atoms with Crippen LogP contribution in [-0.4, -0.2) is 27.3 Å². The normalized spacial score (nSPS) is 10.2. The molecule has 0 unspecified atom stereocenters. The first-order valence-electron chi connectivity index (χ1n) is 4.74. The minimum atomic E-state index is -0.345. The predicted molar refractivity (Wildman–Crippen MR) is 62.0 cm³/mol. The summed E-state index contributed by atoms with van der Waals surface area (Å²) in [6.45, 7) is -0.149. The lowest BCUT2D eigenvalue weighted by atomic mass is 10.3. The molecule has 2 aromatic rings. The molecular weight excluding hydrogens is 244 g/mol. The molecule has 1 aromatic carbocycles. The van der Waals surface area contributed by atoms with Crippen LogP contribution < -0.4 is 10.5 Å². The Balaban J connectivity index is 1.97. The molecule has 0 saturated heterocycles. The molecule has 0 aliphatic heterocycles. The van der Waals surface area contributed by atoms with Gasteiger partial charge in [-0.25, -0.2) is 4.57 Å². The van der Waals surface area contributed by atoms with Crippen molar-refractivity contribution in [2.24, 2.45) is 0 Å². The van der Waals surface area contributed by atoms with Gasteiger partial charge in [0.05, 0.1) is 0 Å². The van der Waals surface area contributed by atoms with Gasteiger partial charge in [-0.3, -0.25) is 4.79 Å². The molecule has 2 rings (SSSR count). The molecular formula is C10H9ClN4O2. The van der Waals surface area contributed by atoms with E-state index >= 15 is 0 Å². The summed E-state index contributed by atoms with van der Waals surface area (Å²) < 4.78 is 6.38. The minimum absolute atomic E-state index is 0.0368. The van der Waals surface area contributed by atoms with Gasteiger partial charge < -0.3 is 10.5 Å². The number of nitrogens with zero attached hydrogens (tertiary/aromatic N) is 3. The van der Waals surface area contributed by atoms with Crippen molar-refractivity contribution in [2.75, 3.05) is 12.3 Å². The number of hydrogen-bond acceptors (Lipinski definition) is 5. The van der Waals surface area contributed by atoms with Crippen LogP contribution in [0.2, 0.25) is 5.02 Å². The Labute approximate surface area is 102 Å². The molecule has 2 N–H and O–H groups in total. The fourth-order valence-electron chi connectivity index (χ4n) is 1.18. The maximum atomic E-state index is 11.6. The Bertz CT molecular complexity index is 523.